The lowest BCUT2D eigenvalue weighted by Gasteiger charge is -2.20. The number of hydrogen-bond acceptors (Lipinski definition) is 4. The molecule has 2 N–H and O–H groups in total. The summed E-state index contributed by atoms with van der Waals surface area (Å²) < 4.78 is 1.88. The molecule has 0 spiro atoms. The first-order chi connectivity index (χ1) is 9.63. The molecule has 2 rings (SSSR count). The van der Waals surface area contributed by atoms with Crippen molar-refractivity contribution in [3.63, 3.8) is 0 Å². The second kappa shape index (κ2) is 6.85. The monoisotopic (exact) mass is 279 g/mol. The molecular weight excluding hydrogens is 254 g/mol. The van der Waals surface area contributed by atoms with Gasteiger partial charge in [-0.2, -0.15) is 5.10 Å². The quantitative estimate of drug-likeness (QED) is 0.862. The Balaban J connectivity index is 2.06. The molecule has 1 aliphatic rings. The number of likely N-dealkylation sites (N-methyl/N-ethyl adjacent to an activating group) is 1. The molecule has 2 heterocycles. The van der Waals surface area contributed by atoms with Crippen LogP contribution in [-0.4, -0.2) is 65.3 Å². The van der Waals surface area contributed by atoms with Gasteiger partial charge in [-0.1, -0.05) is 0 Å². The van der Waals surface area contributed by atoms with E-state index in [1.807, 2.05) is 16.5 Å². The lowest BCUT2D eigenvalue weighted by molar-refractivity contribution is 0.0762. The normalized spacial score (nSPS) is 17.2. The molecule has 1 amide bonds. The molecule has 1 aliphatic heterocycles. The molecule has 1 aromatic heterocycles. The first-order valence-corrected chi connectivity index (χ1v) is 7.33. The Kier molecular flexibility index (Phi) is 5.14. The third kappa shape index (κ3) is 3.37. The molecule has 112 valence electrons. The van der Waals surface area contributed by atoms with Crippen LogP contribution in [0.3, 0.4) is 0 Å². The van der Waals surface area contributed by atoms with E-state index in [-0.39, 0.29) is 5.91 Å². The molecule has 6 nitrogen and oxygen atoms in total. The summed E-state index contributed by atoms with van der Waals surface area (Å²) >= 11 is 0. The second-order valence-electron chi connectivity index (χ2n) is 5.46. The summed E-state index contributed by atoms with van der Waals surface area (Å²) in [5.41, 5.74) is 7.19. The molecule has 0 aromatic carbocycles. The van der Waals surface area contributed by atoms with Crippen LogP contribution in [0.1, 0.15) is 28.9 Å². The Hall–Kier alpha value is -1.40. The van der Waals surface area contributed by atoms with Crippen molar-refractivity contribution in [1.82, 2.24) is 19.6 Å². The summed E-state index contributed by atoms with van der Waals surface area (Å²) in [6, 6.07) is 0. The van der Waals surface area contributed by atoms with Gasteiger partial charge in [0, 0.05) is 31.9 Å². The van der Waals surface area contributed by atoms with Crippen molar-refractivity contribution in [2.24, 2.45) is 5.73 Å². The topological polar surface area (TPSA) is 67.4 Å². The zero-order chi connectivity index (χ0) is 14.5. The van der Waals surface area contributed by atoms with Crippen molar-refractivity contribution >= 4 is 5.91 Å². The van der Waals surface area contributed by atoms with Crippen LogP contribution in [0.2, 0.25) is 0 Å². The number of carbonyl (C=O) groups is 1. The van der Waals surface area contributed by atoms with Gasteiger partial charge in [0.25, 0.3) is 5.91 Å². The van der Waals surface area contributed by atoms with Gasteiger partial charge in [-0.05, 0) is 39.9 Å². The van der Waals surface area contributed by atoms with E-state index in [9.17, 15) is 4.79 Å². The molecule has 0 unspecified atom stereocenters. The predicted octanol–water partition coefficient (Wildman–Crippen LogP) is 0.318. The Labute approximate surface area is 120 Å². The van der Waals surface area contributed by atoms with Crippen LogP contribution in [0, 0.1) is 6.92 Å². The first-order valence-electron chi connectivity index (χ1n) is 7.33. The average molecular weight is 279 g/mol. The van der Waals surface area contributed by atoms with E-state index >= 15 is 0 Å². The standard InChI is InChI=1S/C14H25N5O/c1-12-13(11-16-19(12)8-3-5-15)14(20)18-7-4-6-17(2)9-10-18/h11H,3-10,15H2,1-2H3. The maximum atomic E-state index is 12.6. The van der Waals surface area contributed by atoms with Crippen molar-refractivity contribution in [2.45, 2.75) is 26.3 Å². The highest BCUT2D eigenvalue weighted by atomic mass is 16.2. The molecule has 1 saturated heterocycles. The van der Waals surface area contributed by atoms with Crippen LogP contribution in [0.4, 0.5) is 0 Å². The summed E-state index contributed by atoms with van der Waals surface area (Å²) in [5.74, 6) is 0.108. The number of amides is 1. The SMILES string of the molecule is Cc1c(C(=O)N2CCCN(C)CC2)cnn1CCCN. The Morgan fingerprint density at radius 1 is 1.35 bits per heavy atom. The highest BCUT2D eigenvalue weighted by Crippen LogP contribution is 2.13. The molecule has 0 bridgehead atoms. The third-order valence-electron chi connectivity index (χ3n) is 3.91. The van der Waals surface area contributed by atoms with Gasteiger partial charge in [-0.15, -0.1) is 0 Å². The van der Waals surface area contributed by atoms with Gasteiger partial charge < -0.3 is 15.5 Å². The Bertz CT molecular complexity index is 456. The van der Waals surface area contributed by atoms with Crippen LogP contribution in [0.25, 0.3) is 0 Å². The van der Waals surface area contributed by atoms with Gasteiger partial charge in [0.15, 0.2) is 0 Å². The summed E-state index contributed by atoms with van der Waals surface area (Å²) in [6.45, 7) is 6.99. The number of nitrogens with two attached hydrogens (primary N) is 1. The largest absolute Gasteiger partial charge is 0.337 e. The minimum Gasteiger partial charge on any atom is -0.337 e. The number of aromatic nitrogens is 2. The number of aryl methyl sites for hydroxylation is 1. The zero-order valence-electron chi connectivity index (χ0n) is 12.5. The van der Waals surface area contributed by atoms with Crippen molar-refractivity contribution < 1.29 is 4.79 Å². The highest BCUT2D eigenvalue weighted by molar-refractivity contribution is 5.95. The fraction of sp³-hybridized carbons (Fsp3) is 0.714. The molecule has 1 aromatic rings. The van der Waals surface area contributed by atoms with Crippen LogP contribution >= 0.6 is 0 Å². The smallest absolute Gasteiger partial charge is 0.257 e. The van der Waals surface area contributed by atoms with Crippen molar-refractivity contribution in [3.05, 3.63) is 17.5 Å². The zero-order valence-corrected chi connectivity index (χ0v) is 12.5. The van der Waals surface area contributed by atoms with E-state index in [0.717, 1.165) is 56.8 Å². The fourth-order valence-corrected chi connectivity index (χ4v) is 2.54. The molecule has 1 fully saturated rings. The molecule has 0 aliphatic carbocycles. The maximum Gasteiger partial charge on any atom is 0.257 e. The van der Waals surface area contributed by atoms with Gasteiger partial charge >= 0.3 is 0 Å². The second-order valence-corrected chi connectivity index (χ2v) is 5.46. The number of carbonyl (C=O) groups excluding carboxylic acids is 1. The van der Waals surface area contributed by atoms with E-state index in [1.54, 1.807) is 6.20 Å². The van der Waals surface area contributed by atoms with Gasteiger partial charge in [-0.25, -0.2) is 0 Å². The minimum atomic E-state index is 0.108. The minimum absolute atomic E-state index is 0.108. The van der Waals surface area contributed by atoms with Crippen LogP contribution < -0.4 is 5.73 Å². The van der Waals surface area contributed by atoms with Crippen molar-refractivity contribution in [3.8, 4) is 0 Å². The molecule has 20 heavy (non-hydrogen) atoms. The molecule has 0 atom stereocenters. The van der Waals surface area contributed by atoms with Gasteiger partial charge in [-0.3, -0.25) is 9.48 Å². The van der Waals surface area contributed by atoms with Crippen LogP contribution in [0.5, 0.6) is 0 Å². The molecular formula is C14H25N5O. The van der Waals surface area contributed by atoms with Crippen molar-refractivity contribution in [1.29, 1.82) is 0 Å². The van der Waals surface area contributed by atoms with E-state index in [4.69, 9.17) is 5.73 Å². The third-order valence-corrected chi connectivity index (χ3v) is 3.91. The van der Waals surface area contributed by atoms with E-state index in [1.165, 1.54) is 0 Å². The predicted molar refractivity (Wildman–Crippen MR) is 78.7 cm³/mol. The van der Waals surface area contributed by atoms with E-state index in [2.05, 4.69) is 17.0 Å². The van der Waals surface area contributed by atoms with Crippen LogP contribution in [0.15, 0.2) is 6.20 Å². The summed E-state index contributed by atoms with van der Waals surface area (Å²) in [7, 11) is 2.10. The van der Waals surface area contributed by atoms with Crippen molar-refractivity contribution in [2.75, 3.05) is 39.8 Å². The van der Waals surface area contributed by atoms with E-state index < -0.39 is 0 Å². The van der Waals surface area contributed by atoms with Crippen LogP contribution in [-0.2, 0) is 6.54 Å². The van der Waals surface area contributed by atoms with Gasteiger partial charge in [0.05, 0.1) is 11.8 Å². The fourth-order valence-electron chi connectivity index (χ4n) is 2.54. The lowest BCUT2D eigenvalue weighted by atomic mass is 10.2. The highest BCUT2D eigenvalue weighted by Gasteiger charge is 2.22. The molecule has 0 radical (unpaired) electrons. The summed E-state index contributed by atoms with van der Waals surface area (Å²) in [4.78, 5) is 16.8. The average Bonchev–Trinajstić information content (AvgIpc) is 2.66. The Morgan fingerprint density at radius 3 is 2.90 bits per heavy atom. The lowest BCUT2D eigenvalue weighted by Crippen LogP contribution is -2.34. The van der Waals surface area contributed by atoms with E-state index in [0.29, 0.717) is 6.54 Å². The summed E-state index contributed by atoms with van der Waals surface area (Å²) in [5, 5.41) is 4.31. The number of rotatable bonds is 4. The van der Waals surface area contributed by atoms with Gasteiger partial charge in [0.1, 0.15) is 0 Å². The Morgan fingerprint density at radius 2 is 2.15 bits per heavy atom. The van der Waals surface area contributed by atoms with Gasteiger partial charge in [0.2, 0.25) is 0 Å². The molecule has 6 heteroatoms. The first kappa shape index (κ1) is 15.0. The maximum absolute atomic E-state index is 12.6. The molecule has 0 saturated carbocycles. The number of nitrogens with zero attached hydrogens (tertiary/aromatic N) is 4. The summed E-state index contributed by atoms with van der Waals surface area (Å²) in [6.07, 6.45) is 3.61. The number of hydrogen-bond donors (Lipinski definition) is 1.